The summed E-state index contributed by atoms with van der Waals surface area (Å²) in [5.74, 6) is -0.155. The summed E-state index contributed by atoms with van der Waals surface area (Å²) in [5, 5.41) is 3.40. The minimum absolute atomic E-state index is 0.155. The zero-order valence-electron chi connectivity index (χ0n) is 14.2. The van der Waals surface area contributed by atoms with Crippen LogP contribution in [0.5, 0.6) is 0 Å². The lowest BCUT2D eigenvalue weighted by atomic mass is 10.0. The van der Waals surface area contributed by atoms with Crippen LogP contribution in [0.3, 0.4) is 0 Å². The first kappa shape index (κ1) is 18.0. The Balaban J connectivity index is 3.16. The first-order chi connectivity index (χ1) is 10.0. The van der Waals surface area contributed by atoms with E-state index in [-0.39, 0.29) is 11.9 Å². The van der Waals surface area contributed by atoms with Crippen LogP contribution in [0.1, 0.15) is 65.5 Å². The van der Waals surface area contributed by atoms with E-state index >= 15 is 0 Å². The molecule has 0 aliphatic heterocycles. The SMILES string of the molecule is CCCCN(c1ccc(F)cc1C(C)NCC)C(C)CC. The van der Waals surface area contributed by atoms with E-state index in [1.807, 2.05) is 6.07 Å². The van der Waals surface area contributed by atoms with E-state index < -0.39 is 0 Å². The summed E-state index contributed by atoms with van der Waals surface area (Å²) in [7, 11) is 0. The molecule has 2 atom stereocenters. The van der Waals surface area contributed by atoms with Gasteiger partial charge in [-0.15, -0.1) is 0 Å². The molecule has 0 bridgehead atoms. The molecule has 1 rings (SSSR count). The van der Waals surface area contributed by atoms with Crippen LogP contribution >= 0.6 is 0 Å². The summed E-state index contributed by atoms with van der Waals surface area (Å²) in [5.41, 5.74) is 2.24. The topological polar surface area (TPSA) is 15.3 Å². The number of nitrogens with one attached hydrogen (secondary N) is 1. The number of unbranched alkanes of at least 4 members (excludes halogenated alkanes) is 1. The molecule has 0 heterocycles. The second-order valence-electron chi connectivity index (χ2n) is 5.79. The monoisotopic (exact) mass is 294 g/mol. The van der Waals surface area contributed by atoms with Crippen LogP contribution in [0.2, 0.25) is 0 Å². The predicted molar refractivity (Wildman–Crippen MR) is 90.5 cm³/mol. The Kier molecular flexibility index (Phi) is 7.73. The summed E-state index contributed by atoms with van der Waals surface area (Å²) >= 11 is 0. The first-order valence-electron chi connectivity index (χ1n) is 8.34. The van der Waals surface area contributed by atoms with Crippen LogP contribution in [0, 0.1) is 5.82 Å². The largest absolute Gasteiger partial charge is 0.369 e. The van der Waals surface area contributed by atoms with E-state index in [0.29, 0.717) is 6.04 Å². The Hall–Kier alpha value is -1.09. The summed E-state index contributed by atoms with van der Waals surface area (Å²) in [6.07, 6.45) is 3.43. The van der Waals surface area contributed by atoms with E-state index in [0.717, 1.165) is 31.5 Å². The average molecular weight is 294 g/mol. The Morgan fingerprint density at radius 3 is 2.48 bits per heavy atom. The molecule has 0 aliphatic rings. The molecule has 3 heteroatoms. The third-order valence-electron chi connectivity index (χ3n) is 4.15. The fourth-order valence-electron chi connectivity index (χ4n) is 2.68. The predicted octanol–water partition coefficient (Wildman–Crippen LogP) is 4.90. The average Bonchev–Trinajstić information content (AvgIpc) is 2.48. The summed E-state index contributed by atoms with van der Waals surface area (Å²) in [6, 6.07) is 5.84. The molecule has 0 radical (unpaired) electrons. The smallest absolute Gasteiger partial charge is 0.123 e. The third kappa shape index (κ3) is 4.99. The first-order valence-corrected chi connectivity index (χ1v) is 8.34. The van der Waals surface area contributed by atoms with Gasteiger partial charge < -0.3 is 10.2 Å². The minimum Gasteiger partial charge on any atom is -0.369 e. The molecule has 2 unspecified atom stereocenters. The maximum Gasteiger partial charge on any atom is 0.123 e. The fraction of sp³-hybridized carbons (Fsp3) is 0.667. The van der Waals surface area contributed by atoms with E-state index in [1.165, 1.54) is 12.1 Å². The molecule has 0 spiro atoms. The van der Waals surface area contributed by atoms with Gasteiger partial charge in [0.1, 0.15) is 5.82 Å². The molecular weight excluding hydrogens is 263 g/mol. The van der Waals surface area contributed by atoms with Gasteiger partial charge in [-0.3, -0.25) is 0 Å². The van der Waals surface area contributed by atoms with E-state index in [2.05, 4.69) is 44.8 Å². The molecule has 1 aromatic rings. The lowest BCUT2D eigenvalue weighted by Crippen LogP contribution is -2.35. The van der Waals surface area contributed by atoms with Gasteiger partial charge in [0.05, 0.1) is 0 Å². The van der Waals surface area contributed by atoms with Gasteiger partial charge in [0, 0.05) is 24.3 Å². The fourth-order valence-corrected chi connectivity index (χ4v) is 2.68. The molecule has 0 amide bonds. The highest BCUT2D eigenvalue weighted by molar-refractivity contribution is 5.56. The summed E-state index contributed by atoms with van der Waals surface area (Å²) < 4.78 is 13.7. The van der Waals surface area contributed by atoms with Crippen molar-refractivity contribution in [1.29, 1.82) is 0 Å². The van der Waals surface area contributed by atoms with Crippen molar-refractivity contribution in [3.8, 4) is 0 Å². The van der Waals surface area contributed by atoms with Gasteiger partial charge in [-0.05, 0) is 57.0 Å². The van der Waals surface area contributed by atoms with E-state index in [1.54, 1.807) is 12.1 Å². The lowest BCUT2D eigenvalue weighted by molar-refractivity contribution is 0.562. The number of hydrogen-bond acceptors (Lipinski definition) is 2. The quantitative estimate of drug-likeness (QED) is 0.697. The molecule has 2 nitrogen and oxygen atoms in total. The van der Waals surface area contributed by atoms with Crippen LogP contribution < -0.4 is 10.2 Å². The van der Waals surface area contributed by atoms with E-state index in [9.17, 15) is 4.39 Å². The summed E-state index contributed by atoms with van der Waals surface area (Å²) in [6.45, 7) is 12.8. The Labute approximate surface area is 129 Å². The Morgan fingerprint density at radius 2 is 1.90 bits per heavy atom. The zero-order valence-corrected chi connectivity index (χ0v) is 14.2. The van der Waals surface area contributed by atoms with Gasteiger partial charge in [0.2, 0.25) is 0 Å². The third-order valence-corrected chi connectivity index (χ3v) is 4.15. The standard InChI is InChI=1S/C18H31FN2/c1-6-9-12-21(14(4)7-2)18-11-10-16(19)13-17(18)15(5)20-8-3/h10-11,13-15,20H,6-9,12H2,1-5H3. The van der Waals surface area contributed by atoms with Crippen molar-refractivity contribution in [3.63, 3.8) is 0 Å². The number of nitrogens with zero attached hydrogens (tertiary/aromatic N) is 1. The molecule has 21 heavy (non-hydrogen) atoms. The van der Waals surface area contributed by atoms with Crippen molar-refractivity contribution in [2.45, 2.75) is 66.0 Å². The number of rotatable bonds is 9. The van der Waals surface area contributed by atoms with Gasteiger partial charge >= 0.3 is 0 Å². The van der Waals surface area contributed by atoms with Gasteiger partial charge in [0.15, 0.2) is 0 Å². The zero-order chi connectivity index (χ0) is 15.8. The summed E-state index contributed by atoms with van der Waals surface area (Å²) in [4.78, 5) is 2.44. The molecule has 120 valence electrons. The number of anilines is 1. The van der Waals surface area contributed by atoms with Crippen LogP contribution in [0.15, 0.2) is 18.2 Å². The van der Waals surface area contributed by atoms with Crippen molar-refractivity contribution in [3.05, 3.63) is 29.6 Å². The van der Waals surface area contributed by atoms with Gasteiger partial charge in [-0.25, -0.2) is 4.39 Å². The van der Waals surface area contributed by atoms with Crippen LogP contribution in [0.4, 0.5) is 10.1 Å². The Bertz CT molecular complexity index is 420. The van der Waals surface area contributed by atoms with Crippen molar-refractivity contribution in [1.82, 2.24) is 5.32 Å². The van der Waals surface area contributed by atoms with Crippen molar-refractivity contribution in [2.24, 2.45) is 0 Å². The second-order valence-corrected chi connectivity index (χ2v) is 5.79. The molecule has 0 fully saturated rings. The number of hydrogen-bond donors (Lipinski definition) is 1. The van der Waals surface area contributed by atoms with Gasteiger partial charge in [0.25, 0.3) is 0 Å². The van der Waals surface area contributed by atoms with Crippen LogP contribution in [0.25, 0.3) is 0 Å². The maximum atomic E-state index is 13.7. The normalized spacial score (nSPS) is 14.0. The number of benzene rings is 1. The van der Waals surface area contributed by atoms with Gasteiger partial charge in [-0.1, -0.05) is 27.2 Å². The van der Waals surface area contributed by atoms with E-state index in [4.69, 9.17) is 0 Å². The molecule has 1 N–H and O–H groups in total. The molecule has 0 saturated heterocycles. The highest BCUT2D eigenvalue weighted by Crippen LogP contribution is 2.29. The molecule has 0 saturated carbocycles. The van der Waals surface area contributed by atoms with Crippen LogP contribution in [-0.2, 0) is 0 Å². The molecular formula is C18H31FN2. The van der Waals surface area contributed by atoms with Crippen molar-refractivity contribution < 1.29 is 4.39 Å². The van der Waals surface area contributed by atoms with Crippen molar-refractivity contribution >= 4 is 5.69 Å². The van der Waals surface area contributed by atoms with Crippen LogP contribution in [-0.4, -0.2) is 19.1 Å². The van der Waals surface area contributed by atoms with Crippen molar-refractivity contribution in [2.75, 3.05) is 18.0 Å². The second kappa shape index (κ2) is 9.04. The number of halogens is 1. The molecule has 0 aromatic heterocycles. The molecule has 0 aliphatic carbocycles. The van der Waals surface area contributed by atoms with Gasteiger partial charge in [-0.2, -0.15) is 0 Å². The Morgan fingerprint density at radius 1 is 1.19 bits per heavy atom. The maximum absolute atomic E-state index is 13.7. The lowest BCUT2D eigenvalue weighted by Gasteiger charge is -2.34. The molecule has 1 aromatic carbocycles. The highest BCUT2D eigenvalue weighted by atomic mass is 19.1. The highest BCUT2D eigenvalue weighted by Gasteiger charge is 2.19. The minimum atomic E-state index is -0.155.